The standard InChI is InChI=1S/C20H20ClN5OS/c1-13-15-12-18(19(27)23-8-5-10-25-11-9-22-14(25)2)28-20(15)26(24-13)17-7-4-3-6-16(17)21/h3-4,6-7,9,11-12H,5,8,10H2,1-2H3,(H,23,27). The highest BCUT2D eigenvalue weighted by molar-refractivity contribution is 7.20. The van der Waals surface area contributed by atoms with E-state index in [4.69, 9.17) is 11.6 Å². The highest BCUT2D eigenvalue weighted by atomic mass is 35.5. The maximum Gasteiger partial charge on any atom is 0.261 e. The van der Waals surface area contributed by atoms with Crippen LogP contribution in [0.3, 0.4) is 0 Å². The Labute approximate surface area is 171 Å². The van der Waals surface area contributed by atoms with Crippen LogP contribution in [0, 0.1) is 13.8 Å². The number of para-hydroxylation sites is 1. The number of thiophene rings is 1. The number of halogens is 1. The third-order valence-electron chi connectivity index (χ3n) is 4.63. The molecule has 1 amide bonds. The summed E-state index contributed by atoms with van der Waals surface area (Å²) in [6.07, 6.45) is 4.59. The van der Waals surface area contributed by atoms with E-state index in [9.17, 15) is 4.79 Å². The largest absolute Gasteiger partial charge is 0.351 e. The molecule has 0 radical (unpaired) electrons. The molecule has 0 fully saturated rings. The molecular formula is C20H20ClN5OS. The summed E-state index contributed by atoms with van der Waals surface area (Å²) in [5, 5.41) is 9.20. The zero-order valence-corrected chi connectivity index (χ0v) is 17.2. The van der Waals surface area contributed by atoms with Gasteiger partial charge in [-0.1, -0.05) is 23.7 Å². The molecule has 144 valence electrons. The Morgan fingerprint density at radius 3 is 2.86 bits per heavy atom. The van der Waals surface area contributed by atoms with Crippen LogP contribution in [0.2, 0.25) is 5.02 Å². The van der Waals surface area contributed by atoms with Crippen LogP contribution in [0.5, 0.6) is 0 Å². The molecular weight excluding hydrogens is 394 g/mol. The monoisotopic (exact) mass is 413 g/mol. The van der Waals surface area contributed by atoms with Gasteiger partial charge in [0, 0.05) is 30.9 Å². The predicted molar refractivity (Wildman–Crippen MR) is 113 cm³/mol. The van der Waals surface area contributed by atoms with Crippen molar-refractivity contribution in [3.05, 3.63) is 64.1 Å². The Morgan fingerprint density at radius 2 is 2.11 bits per heavy atom. The lowest BCUT2D eigenvalue weighted by atomic mass is 10.3. The van der Waals surface area contributed by atoms with E-state index in [1.165, 1.54) is 11.3 Å². The highest BCUT2D eigenvalue weighted by Crippen LogP contribution is 2.32. The highest BCUT2D eigenvalue weighted by Gasteiger charge is 2.18. The lowest BCUT2D eigenvalue weighted by Gasteiger charge is -2.06. The quantitative estimate of drug-likeness (QED) is 0.477. The van der Waals surface area contributed by atoms with Crippen molar-refractivity contribution in [3.63, 3.8) is 0 Å². The van der Waals surface area contributed by atoms with Crippen LogP contribution in [0.15, 0.2) is 42.7 Å². The van der Waals surface area contributed by atoms with Gasteiger partial charge in [0.15, 0.2) is 0 Å². The van der Waals surface area contributed by atoms with E-state index in [1.807, 2.05) is 55.1 Å². The van der Waals surface area contributed by atoms with Crippen LogP contribution in [-0.4, -0.2) is 31.8 Å². The van der Waals surface area contributed by atoms with Gasteiger partial charge in [0.2, 0.25) is 0 Å². The first kappa shape index (κ1) is 18.7. The first-order valence-electron chi connectivity index (χ1n) is 9.04. The lowest BCUT2D eigenvalue weighted by molar-refractivity contribution is 0.0957. The summed E-state index contributed by atoms with van der Waals surface area (Å²) in [5.74, 6) is 0.920. The minimum Gasteiger partial charge on any atom is -0.351 e. The fraction of sp³-hybridized carbons (Fsp3) is 0.250. The average Bonchev–Trinajstić information content (AvgIpc) is 3.36. The Hall–Kier alpha value is -2.64. The van der Waals surface area contributed by atoms with E-state index in [0.717, 1.165) is 40.4 Å². The first-order chi connectivity index (χ1) is 13.5. The van der Waals surface area contributed by atoms with Gasteiger partial charge in [0.05, 0.1) is 21.3 Å². The summed E-state index contributed by atoms with van der Waals surface area (Å²) >= 11 is 7.76. The molecule has 0 aliphatic carbocycles. The van der Waals surface area contributed by atoms with Crippen LogP contribution >= 0.6 is 22.9 Å². The van der Waals surface area contributed by atoms with Crippen molar-refractivity contribution in [3.8, 4) is 5.69 Å². The van der Waals surface area contributed by atoms with Gasteiger partial charge in [-0.05, 0) is 38.5 Å². The number of fused-ring (bicyclic) bond motifs is 1. The van der Waals surface area contributed by atoms with Gasteiger partial charge < -0.3 is 9.88 Å². The number of hydrogen-bond donors (Lipinski definition) is 1. The predicted octanol–water partition coefficient (Wildman–Crippen LogP) is 4.37. The van der Waals surface area contributed by atoms with Gasteiger partial charge in [0.25, 0.3) is 5.91 Å². The molecule has 0 atom stereocenters. The number of rotatable bonds is 6. The van der Waals surface area contributed by atoms with E-state index in [0.29, 0.717) is 16.4 Å². The smallest absolute Gasteiger partial charge is 0.261 e. The molecule has 6 nitrogen and oxygen atoms in total. The molecule has 0 aliphatic heterocycles. The molecule has 0 unspecified atom stereocenters. The van der Waals surface area contributed by atoms with Gasteiger partial charge in [-0.2, -0.15) is 5.10 Å². The maximum atomic E-state index is 12.6. The number of carbonyl (C=O) groups is 1. The summed E-state index contributed by atoms with van der Waals surface area (Å²) in [6, 6.07) is 9.48. The lowest BCUT2D eigenvalue weighted by Crippen LogP contribution is -2.24. The second-order valence-electron chi connectivity index (χ2n) is 6.56. The summed E-state index contributed by atoms with van der Waals surface area (Å²) in [4.78, 5) is 18.4. The van der Waals surface area contributed by atoms with Gasteiger partial charge in [0.1, 0.15) is 10.7 Å². The molecule has 0 saturated heterocycles. The second kappa shape index (κ2) is 7.77. The first-order valence-corrected chi connectivity index (χ1v) is 10.2. The summed E-state index contributed by atoms with van der Waals surface area (Å²) in [5.41, 5.74) is 1.69. The van der Waals surface area contributed by atoms with E-state index in [1.54, 1.807) is 6.20 Å². The Bertz CT molecular complexity index is 1140. The van der Waals surface area contributed by atoms with Gasteiger partial charge in [-0.25, -0.2) is 9.67 Å². The third-order valence-corrected chi connectivity index (χ3v) is 6.06. The fourth-order valence-corrected chi connectivity index (χ4v) is 4.43. The molecule has 3 aromatic heterocycles. The van der Waals surface area contributed by atoms with Gasteiger partial charge in [-0.3, -0.25) is 4.79 Å². The normalized spacial score (nSPS) is 11.2. The van der Waals surface area contributed by atoms with Crippen molar-refractivity contribution in [1.29, 1.82) is 0 Å². The molecule has 1 aromatic carbocycles. The number of nitrogens with one attached hydrogen (secondary N) is 1. The van der Waals surface area contributed by atoms with Crippen molar-refractivity contribution in [1.82, 2.24) is 24.6 Å². The summed E-state index contributed by atoms with van der Waals surface area (Å²) < 4.78 is 3.89. The molecule has 0 saturated carbocycles. The zero-order chi connectivity index (χ0) is 19.7. The van der Waals surface area contributed by atoms with E-state index < -0.39 is 0 Å². The molecule has 1 N–H and O–H groups in total. The van der Waals surface area contributed by atoms with E-state index >= 15 is 0 Å². The molecule has 4 rings (SSSR count). The Kier molecular flexibility index (Phi) is 5.19. The van der Waals surface area contributed by atoms with Crippen LogP contribution in [0.4, 0.5) is 0 Å². The number of nitrogens with zero attached hydrogens (tertiary/aromatic N) is 4. The second-order valence-corrected chi connectivity index (χ2v) is 7.99. The molecule has 0 aliphatic rings. The number of hydrogen-bond acceptors (Lipinski definition) is 4. The van der Waals surface area contributed by atoms with Crippen molar-refractivity contribution in [2.45, 2.75) is 26.8 Å². The van der Waals surface area contributed by atoms with Crippen molar-refractivity contribution < 1.29 is 4.79 Å². The topological polar surface area (TPSA) is 64.7 Å². The molecule has 0 bridgehead atoms. The van der Waals surface area contributed by atoms with E-state index in [2.05, 4.69) is 20.0 Å². The van der Waals surface area contributed by atoms with Gasteiger partial charge in [-0.15, -0.1) is 11.3 Å². The number of amides is 1. The van der Waals surface area contributed by atoms with Crippen LogP contribution in [0.1, 0.15) is 27.6 Å². The van der Waals surface area contributed by atoms with Crippen molar-refractivity contribution in [2.24, 2.45) is 0 Å². The average molecular weight is 414 g/mol. The third kappa shape index (κ3) is 3.55. The van der Waals surface area contributed by atoms with Crippen LogP contribution in [-0.2, 0) is 6.54 Å². The minimum absolute atomic E-state index is 0.0614. The van der Waals surface area contributed by atoms with E-state index in [-0.39, 0.29) is 5.91 Å². The number of aryl methyl sites for hydroxylation is 3. The Balaban J connectivity index is 1.48. The SMILES string of the molecule is Cc1nn(-c2ccccc2Cl)c2sc(C(=O)NCCCn3ccnc3C)cc12. The van der Waals surface area contributed by atoms with Crippen LogP contribution < -0.4 is 5.32 Å². The molecule has 3 heterocycles. The molecule has 8 heteroatoms. The molecule has 0 spiro atoms. The number of aromatic nitrogens is 4. The van der Waals surface area contributed by atoms with Crippen molar-refractivity contribution in [2.75, 3.05) is 6.54 Å². The molecule has 4 aromatic rings. The zero-order valence-electron chi connectivity index (χ0n) is 15.6. The minimum atomic E-state index is -0.0614. The Morgan fingerprint density at radius 1 is 1.29 bits per heavy atom. The maximum absolute atomic E-state index is 12.6. The van der Waals surface area contributed by atoms with Crippen molar-refractivity contribution >= 4 is 39.1 Å². The summed E-state index contributed by atoms with van der Waals surface area (Å²) in [7, 11) is 0. The van der Waals surface area contributed by atoms with Crippen LogP contribution in [0.25, 0.3) is 15.9 Å². The number of benzene rings is 1. The van der Waals surface area contributed by atoms with Gasteiger partial charge >= 0.3 is 0 Å². The number of carbonyl (C=O) groups excluding carboxylic acids is 1. The fourth-order valence-electron chi connectivity index (χ4n) is 3.12. The summed E-state index contributed by atoms with van der Waals surface area (Å²) in [6.45, 7) is 5.36. The molecule has 28 heavy (non-hydrogen) atoms. The number of imidazole rings is 1.